The van der Waals surface area contributed by atoms with Gasteiger partial charge in [0.15, 0.2) is 7.98 Å². The Labute approximate surface area is 316 Å². The number of hydrogen-bond acceptors (Lipinski definition) is 11. The molecule has 0 bridgehead atoms. The van der Waals surface area contributed by atoms with E-state index in [1.165, 1.54) is 16.2 Å². The Morgan fingerprint density at radius 2 is 1.87 bits per heavy atom. The number of thiazole rings is 1. The lowest BCUT2D eigenvalue weighted by molar-refractivity contribution is -0.142. The van der Waals surface area contributed by atoms with E-state index in [0.717, 1.165) is 21.7 Å². The molecule has 3 heterocycles. The number of hydrogen-bond donors (Lipinski definition) is 3. The predicted molar refractivity (Wildman–Crippen MR) is 204 cm³/mol. The zero-order valence-electron chi connectivity index (χ0n) is 31.6. The highest BCUT2D eigenvalue weighted by Gasteiger charge is 2.62. The Bertz CT molecular complexity index is 2030. The number of amides is 3. The molecule has 1 aromatic carbocycles. The largest absolute Gasteiger partial charge is 0.496 e. The second-order valence-electron chi connectivity index (χ2n) is 15.9. The summed E-state index contributed by atoms with van der Waals surface area (Å²) >= 11 is 1.49. The van der Waals surface area contributed by atoms with Crippen LogP contribution in [-0.4, -0.2) is 91.6 Å². The van der Waals surface area contributed by atoms with Crippen LogP contribution >= 0.6 is 11.3 Å². The van der Waals surface area contributed by atoms with E-state index < -0.39 is 62.1 Å². The summed E-state index contributed by atoms with van der Waals surface area (Å²) in [5, 5.41) is 8.41. The number of methoxy groups -OCH3 is 1. The monoisotopic (exact) mass is 764 g/mol. The number of carbonyl (C=O) groups is 3. The van der Waals surface area contributed by atoms with Crippen molar-refractivity contribution < 1.29 is 32.3 Å². The number of aryl methyl sites for hydroxylation is 1. The minimum atomic E-state index is -3.84. The van der Waals surface area contributed by atoms with Crippen molar-refractivity contribution in [1.82, 2.24) is 30.1 Å². The molecule has 3 amide bonds. The number of benzene rings is 1. The van der Waals surface area contributed by atoms with Crippen molar-refractivity contribution in [2.45, 2.75) is 115 Å². The first-order valence-corrected chi connectivity index (χ1v) is 20.6. The smallest absolute Gasteiger partial charge is 0.259 e. The molecule has 13 nitrogen and oxygen atoms in total. The molecule has 6 rings (SSSR count). The van der Waals surface area contributed by atoms with Crippen molar-refractivity contribution >= 4 is 58.0 Å². The van der Waals surface area contributed by atoms with Crippen molar-refractivity contribution in [2.24, 2.45) is 11.3 Å². The van der Waals surface area contributed by atoms with Gasteiger partial charge in [0.1, 0.15) is 39.9 Å². The highest BCUT2D eigenvalue weighted by molar-refractivity contribution is 7.91. The summed E-state index contributed by atoms with van der Waals surface area (Å²) in [6, 6.07) is 3.69. The van der Waals surface area contributed by atoms with Crippen LogP contribution in [0.15, 0.2) is 23.6 Å². The Kier molecular flexibility index (Phi) is 10.6. The van der Waals surface area contributed by atoms with E-state index in [1.54, 1.807) is 7.11 Å². The Balaban J connectivity index is 1.34. The summed E-state index contributed by atoms with van der Waals surface area (Å²) in [4.78, 5) is 53.3. The van der Waals surface area contributed by atoms with Gasteiger partial charge in [-0.25, -0.2) is 18.4 Å². The third kappa shape index (κ3) is 7.64. The zero-order chi connectivity index (χ0) is 38.6. The lowest BCUT2D eigenvalue weighted by atomic mass is 9.84. The van der Waals surface area contributed by atoms with Gasteiger partial charge in [-0.05, 0) is 55.6 Å². The molecule has 53 heavy (non-hydrogen) atoms. The van der Waals surface area contributed by atoms with Crippen molar-refractivity contribution in [3.8, 4) is 22.2 Å². The minimum absolute atomic E-state index is 0.0562. The third-order valence-electron chi connectivity index (χ3n) is 10.7. The van der Waals surface area contributed by atoms with Gasteiger partial charge in [0.2, 0.25) is 21.8 Å². The molecule has 2 saturated carbocycles. The molecule has 3 fully saturated rings. The lowest BCUT2D eigenvalue weighted by Gasteiger charge is -2.35. The van der Waals surface area contributed by atoms with Gasteiger partial charge < -0.3 is 24.9 Å². The summed E-state index contributed by atoms with van der Waals surface area (Å²) in [7, 11) is 3.68. The molecular weight excluding hydrogens is 715 g/mol. The maximum absolute atomic E-state index is 14.3. The van der Waals surface area contributed by atoms with Crippen LogP contribution in [0, 0.1) is 18.3 Å². The first-order chi connectivity index (χ1) is 24.9. The quantitative estimate of drug-likeness (QED) is 0.215. The maximum atomic E-state index is 14.3. The average molecular weight is 765 g/mol. The highest BCUT2D eigenvalue weighted by atomic mass is 32.2. The number of aromatic nitrogens is 2. The summed E-state index contributed by atoms with van der Waals surface area (Å²) in [6.07, 6.45) is 1.30. The van der Waals surface area contributed by atoms with E-state index in [1.807, 2.05) is 58.2 Å². The average Bonchev–Trinajstić information content (AvgIpc) is 3.97. The first kappa shape index (κ1) is 39.0. The zero-order valence-corrected chi connectivity index (χ0v) is 33.2. The van der Waals surface area contributed by atoms with Crippen LogP contribution in [0.25, 0.3) is 21.6 Å². The molecule has 2 aromatic heterocycles. The molecule has 3 N–H and O–H groups in total. The van der Waals surface area contributed by atoms with Gasteiger partial charge >= 0.3 is 0 Å². The Hall–Kier alpha value is -3.76. The van der Waals surface area contributed by atoms with Gasteiger partial charge in [-0.1, -0.05) is 48.0 Å². The number of rotatable bonds is 13. The third-order valence-corrected chi connectivity index (χ3v) is 13.4. The van der Waals surface area contributed by atoms with E-state index >= 15 is 0 Å². The molecule has 2 radical (unpaired) electrons. The van der Waals surface area contributed by atoms with Crippen LogP contribution in [0.4, 0.5) is 0 Å². The number of pyridine rings is 1. The summed E-state index contributed by atoms with van der Waals surface area (Å²) < 4.78 is 40.0. The molecule has 1 saturated heterocycles. The first-order valence-electron chi connectivity index (χ1n) is 18.2. The fourth-order valence-electron chi connectivity index (χ4n) is 7.18. The van der Waals surface area contributed by atoms with Crippen molar-refractivity contribution in [3.05, 3.63) is 34.8 Å². The van der Waals surface area contributed by atoms with E-state index in [9.17, 15) is 22.8 Å². The van der Waals surface area contributed by atoms with Gasteiger partial charge in [0.05, 0.1) is 36.2 Å². The van der Waals surface area contributed by atoms with Crippen molar-refractivity contribution in [3.63, 3.8) is 0 Å². The van der Waals surface area contributed by atoms with Crippen LogP contribution in [-0.2, 0) is 24.4 Å². The van der Waals surface area contributed by atoms with Crippen LogP contribution < -0.4 is 24.7 Å². The molecule has 1 unspecified atom stereocenters. The summed E-state index contributed by atoms with van der Waals surface area (Å²) in [5.74, 6) is -0.541. The number of fused-ring (bicyclic) bond motifs is 1. The summed E-state index contributed by atoms with van der Waals surface area (Å²) in [6.45, 7) is 13.6. The van der Waals surface area contributed by atoms with E-state index in [0.29, 0.717) is 48.4 Å². The highest BCUT2D eigenvalue weighted by Crippen LogP contribution is 2.47. The number of nitrogens with one attached hydrogen (secondary N) is 3. The maximum Gasteiger partial charge on any atom is 0.259 e. The van der Waals surface area contributed by atoms with Gasteiger partial charge in [-0.2, -0.15) is 0 Å². The van der Waals surface area contributed by atoms with Gasteiger partial charge in [0, 0.05) is 28.8 Å². The van der Waals surface area contributed by atoms with Crippen LogP contribution in [0.5, 0.6) is 11.5 Å². The van der Waals surface area contributed by atoms with Crippen molar-refractivity contribution in [1.29, 1.82) is 0 Å². The van der Waals surface area contributed by atoms with E-state index in [2.05, 4.69) is 29.1 Å². The predicted octanol–water partition coefficient (Wildman–Crippen LogP) is 4.13. The Morgan fingerprint density at radius 1 is 1.15 bits per heavy atom. The molecule has 3 aliphatic rings. The fourth-order valence-corrected chi connectivity index (χ4v) is 9.49. The standard InChI is InChI=1S/C37H49BN6O7S2/c1-9-21-16-37(21,35(47)43-53(48,49)23-10-11-23)41-32(45)27-14-22(17-44(27)34(46)31(42-38)36(5,6)7)51-29-15-25(33-40-26(18-52-33)19(2)3)39-30-20(4)28(50-8)13-12-24(29)30/h12-13,15,18-19,21-23,27,31,42H,9-11,14,16-17H2,1-8H3,(H,41,45)(H,43,47)/t21-,22-,27+,31?,37-/m1/s1. The number of nitrogens with zero attached hydrogens (tertiary/aromatic N) is 3. The minimum Gasteiger partial charge on any atom is -0.496 e. The molecule has 3 aromatic rings. The number of ether oxygens (including phenoxy) is 2. The molecule has 16 heteroatoms. The normalized spacial score (nSPS) is 23.6. The van der Waals surface area contributed by atoms with Crippen LogP contribution in [0.3, 0.4) is 0 Å². The fraction of sp³-hybridized carbons (Fsp3) is 0.595. The molecule has 5 atom stereocenters. The number of sulfonamides is 1. The second-order valence-corrected chi connectivity index (χ2v) is 18.7. The summed E-state index contributed by atoms with van der Waals surface area (Å²) in [5.41, 5.74) is 1.06. The van der Waals surface area contributed by atoms with Crippen molar-refractivity contribution in [2.75, 3.05) is 13.7 Å². The van der Waals surface area contributed by atoms with Crippen LogP contribution in [0.2, 0.25) is 0 Å². The Morgan fingerprint density at radius 3 is 2.43 bits per heavy atom. The lowest BCUT2D eigenvalue weighted by Crippen LogP contribution is -2.59. The SMILES string of the molecule is [B]NC(C(=O)N1C[C@H](Oc2cc(-c3nc(C(C)C)cs3)nc3c(C)c(OC)ccc23)C[C@H]1C(=O)N[C@]1(C(=O)NS(=O)(=O)C2CC2)C[C@H]1CC)C(C)(C)C. The molecule has 2 aliphatic carbocycles. The molecule has 0 spiro atoms. The van der Waals surface area contributed by atoms with Gasteiger partial charge in [-0.3, -0.25) is 19.1 Å². The van der Waals surface area contributed by atoms with Crippen LogP contribution in [0.1, 0.15) is 90.8 Å². The molecular formula is C37H49BN6O7S2. The number of carbonyl (C=O) groups excluding carboxylic acids is 3. The van der Waals surface area contributed by atoms with E-state index in [4.69, 9.17) is 27.4 Å². The number of likely N-dealkylation sites (tertiary alicyclic amines) is 1. The topological polar surface area (TPSA) is 169 Å². The van der Waals surface area contributed by atoms with Gasteiger partial charge in [-0.15, -0.1) is 11.3 Å². The van der Waals surface area contributed by atoms with E-state index in [-0.39, 0.29) is 24.8 Å². The molecule has 1 aliphatic heterocycles. The molecule has 284 valence electrons. The second kappa shape index (κ2) is 14.5. The van der Waals surface area contributed by atoms with Gasteiger partial charge in [0.25, 0.3) is 5.91 Å².